The monoisotopic (exact) mass is 316 g/mol. The molecule has 15 heteroatoms. The van der Waals surface area contributed by atoms with Crippen molar-refractivity contribution in [3.8, 4) is 0 Å². The first-order valence-corrected chi connectivity index (χ1v) is 1.64. The average Bonchev–Trinajstić information content (AvgIpc) is 2.12. The van der Waals surface area contributed by atoms with Gasteiger partial charge in [-0.15, -0.1) is 21.4 Å². The van der Waals surface area contributed by atoms with Gasteiger partial charge in [0.25, 0.3) is 0 Å². The minimum atomic E-state index is 0. The van der Waals surface area contributed by atoms with Crippen LogP contribution >= 0.6 is 0 Å². The molecule has 0 aromatic carbocycles. The maximum atomic E-state index is 8.00. The van der Waals surface area contributed by atoms with Crippen molar-refractivity contribution < 1.29 is 24.3 Å². The quantitative estimate of drug-likeness (QED) is 0.265. The fourth-order valence-electron chi connectivity index (χ4n) is 0. The third-order valence-corrected chi connectivity index (χ3v) is 0. The van der Waals surface area contributed by atoms with Crippen molar-refractivity contribution in [2.75, 3.05) is 0 Å². The van der Waals surface area contributed by atoms with Gasteiger partial charge in [0, 0.05) is 19.5 Å². The Bertz CT molecular complexity index is 98.9. The Hall–Kier alpha value is -2.11. The van der Waals surface area contributed by atoms with Crippen molar-refractivity contribution in [2.45, 2.75) is 0 Å². The van der Waals surface area contributed by atoms with Gasteiger partial charge in [0.05, 0.1) is 0 Å². The van der Waals surface area contributed by atoms with E-state index in [1.54, 1.807) is 0 Å². The first kappa shape index (κ1) is 38.4. The molecule has 0 amide bonds. The molecular formula is N5O9Ru-3. The molecule has 0 aliphatic carbocycles. The smallest absolute Gasteiger partial charge is 0 e. The van der Waals surface area contributed by atoms with Crippen LogP contribution in [0.3, 0.4) is 0 Å². The van der Waals surface area contributed by atoms with Crippen molar-refractivity contribution in [2.24, 2.45) is 21.4 Å². The molecule has 0 aromatic rings. The summed E-state index contributed by atoms with van der Waals surface area (Å²) in [7, 11) is 0. The molecule has 0 unspecified atom stereocenters. The molecule has 0 aliphatic rings. The van der Waals surface area contributed by atoms with E-state index in [2.05, 4.69) is 0 Å². The van der Waals surface area contributed by atoms with Crippen LogP contribution in [0.5, 0.6) is 0 Å². The molecule has 15 heavy (non-hydrogen) atoms. The molecule has 0 saturated heterocycles. The minimum Gasteiger partial charge on any atom is -0.444 e. The van der Waals surface area contributed by atoms with Crippen molar-refractivity contribution in [3.05, 3.63) is 40.5 Å². The predicted molar refractivity (Wildman–Crippen MR) is 39.1 cm³/mol. The Balaban J connectivity index is -0.0000000167. The average molecular weight is 315 g/mol. The van der Waals surface area contributed by atoms with Crippen LogP contribution in [0.1, 0.15) is 0 Å². The van der Waals surface area contributed by atoms with Gasteiger partial charge in [0.2, 0.25) is 0 Å². The zero-order valence-corrected chi connectivity index (χ0v) is 8.00. The van der Waals surface area contributed by atoms with Crippen LogP contribution in [0, 0.1) is 45.9 Å². The summed E-state index contributed by atoms with van der Waals surface area (Å²) in [5.41, 5.74) is 5.75. The summed E-state index contributed by atoms with van der Waals surface area (Å²) in [5.74, 6) is 0. The fraction of sp³-hybridized carbons (Fsp3) is 0. The number of hydrogen-bond acceptors (Lipinski definition) is 13. The van der Waals surface area contributed by atoms with Gasteiger partial charge in [-0.25, -0.2) is 0 Å². The summed E-state index contributed by atoms with van der Waals surface area (Å²) in [5, 5.41) is 36.0. The SMILES string of the molecule is N#[O+].O=N[O-].O=N[O-].O=N[O-].O=N[O-].[Ru]. The van der Waals surface area contributed by atoms with E-state index in [-0.39, 0.29) is 19.5 Å². The van der Waals surface area contributed by atoms with E-state index in [9.17, 15) is 0 Å². The van der Waals surface area contributed by atoms with Crippen LogP contribution in [0.25, 0.3) is 0 Å². The van der Waals surface area contributed by atoms with Gasteiger partial charge in [-0.3, -0.25) is 0 Å². The molecule has 0 aliphatic heterocycles. The van der Waals surface area contributed by atoms with Gasteiger partial charge in [-0.05, 0) is 0 Å². The Kier molecular flexibility index (Phi) is 1010. The summed E-state index contributed by atoms with van der Waals surface area (Å²) in [6.45, 7) is 0. The van der Waals surface area contributed by atoms with Crippen molar-refractivity contribution in [1.82, 2.24) is 0 Å². The van der Waals surface area contributed by atoms with Gasteiger partial charge in [-0.1, -0.05) is 0 Å². The van der Waals surface area contributed by atoms with Gasteiger partial charge in [0.15, 0.2) is 0 Å². The van der Waals surface area contributed by atoms with E-state index in [0.717, 1.165) is 21.4 Å². The van der Waals surface area contributed by atoms with Crippen LogP contribution < -0.4 is 0 Å². The van der Waals surface area contributed by atoms with Gasteiger partial charge in [0.1, 0.15) is 0 Å². The largest absolute Gasteiger partial charge is 0.444 e. The summed E-state index contributed by atoms with van der Waals surface area (Å²) in [6.07, 6.45) is 0. The summed E-state index contributed by atoms with van der Waals surface area (Å²) < 4.78 is 7.25. The van der Waals surface area contributed by atoms with Crippen molar-refractivity contribution in [3.63, 3.8) is 0 Å². The summed E-state index contributed by atoms with van der Waals surface area (Å²) in [4.78, 5) is 32.0. The van der Waals surface area contributed by atoms with E-state index >= 15 is 0 Å². The normalized spacial score (nSPS) is 3.33. The first-order valence-electron chi connectivity index (χ1n) is 1.64. The molecule has 0 atom stereocenters. The fourth-order valence-corrected chi connectivity index (χ4v) is 0. The van der Waals surface area contributed by atoms with E-state index in [4.69, 9.17) is 50.7 Å². The molecule has 90 valence electrons. The second-order valence-electron chi connectivity index (χ2n) is 0.298. The zero-order chi connectivity index (χ0) is 12.8. The van der Waals surface area contributed by atoms with E-state index in [0.29, 0.717) is 0 Å². The van der Waals surface area contributed by atoms with Gasteiger partial charge < -0.3 is 40.5 Å². The van der Waals surface area contributed by atoms with Crippen LogP contribution in [-0.2, 0) is 24.3 Å². The zero-order valence-electron chi connectivity index (χ0n) is 6.26. The van der Waals surface area contributed by atoms with Gasteiger partial charge in [-0.2, -0.15) is 0 Å². The Morgan fingerprint density at radius 1 is 0.667 bits per heavy atom. The van der Waals surface area contributed by atoms with E-state index in [1.165, 1.54) is 0 Å². The third kappa shape index (κ3) is 262. The summed E-state index contributed by atoms with van der Waals surface area (Å²) >= 11 is 0. The number of nitrogens with zero attached hydrogens (tertiary/aromatic N) is 5. The Labute approximate surface area is 92.3 Å². The number of hydrogen-bond donors (Lipinski definition) is 0. The predicted octanol–water partition coefficient (Wildman–Crippen LogP) is 0.896. The molecule has 0 bridgehead atoms. The van der Waals surface area contributed by atoms with E-state index < -0.39 is 0 Å². The molecule has 0 N–H and O–H groups in total. The van der Waals surface area contributed by atoms with Crippen molar-refractivity contribution >= 4 is 0 Å². The molecule has 0 fully saturated rings. The molecule has 0 saturated carbocycles. The van der Waals surface area contributed by atoms with E-state index in [1.807, 2.05) is 0 Å². The second-order valence-corrected chi connectivity index (χ2v) is 0.298. The van der Waals surface area contributed by atoms with Crippen LogP contribution in [0.4, 0.5) is 0 Å². The number of rotatable bonds is 0. The van der Waals surface area contributed by atoms with Crippen molar-refractivity contribution in [1.29, 1.82) is 5.46 Å². The van der Waals surface area contributed by atoms with Crippen LogP contribution in [-0.4, -0.2) is 0 Å². The van der Waals surface area contributed by atoms with Gasteiger partial charge >= 0.3 is 10.2 Å². The molecular weight excluding hydrogens is 315 g/mol. The first-order chi connectivity index (χ1) is 6.66. The molecule has 0 heterocycles. The molecule has 0 aromatic heterocycles. The van der Waals surface area contributed by atoms with Crippen LogP contribution in [0.15, 0.2) is 21.4 Å². The van der Waals surface area contributed by atoms with Crippen LogP contribution in [0.2, 0.25) is 0 Å². The Morgan fingerprint density at radius 3 is 0.667 bits per heavy atom. The minimum absolute atomic E-state index is 0. The Morgan fingerprint density at radius 2 is 0.667 bits per heavy atom. The molecule has 14 nitrogen and oxygen atoms in total. The molecule has 0 rings (SSSR count). The maximum absolute atomic E-state index is 8.00. The summed E-state index contributed by atoms with van der Waals surface area (Å²) in [6, 6.07) is 0. The molecule has 0 spiro atoms. The third-order valence-electron chi connectivity index (χ3n) is 0. The standard InChI is InChI=1S/4HNO2.NO.Ru/c4*2-1-3;1-2;/h4*(H,2,3);;/q;;;;+1;/p-4. The maximum Gasteiger partial charge on any atom is 0 e. The molecule has 0 radical (unpaired) electrons. The topological polar surface area (TPSA) is 254 Å². The second kappa shape index (κ2) is 394.